The van der Waals surface area contributed by atoms with Crippen LogP contribution < -0.4 is 5.32 Å². The van der Waals surface area contributed by atoms with E-state index in [0.29, 0.717) is 5.88 Å². The summed E-state index contributed by atoms with van der Waals surface area (Å²) in [6, 6.07) is 0. The molecule has 0 saturated heterocycles. The van der Waals surface area contributed by atoms with Gasteiger partial charge in [0.25, 0.3) is 0 Å². The van der Waals surface area contributed by atoms with Crippen LogP contribution in [0.25, 0.3) is 0 Å². The molecule has 1 saturated carbocycles. The van der Waals surface area contributed by atoms with Crippen molar-refractivity contribution in [1.29, 1.82) is 0 Å². The average Bonchev–Trinajstić information content (AvgIpc) is 2.72. The van der Waals surface area contributed by atoms with Crippen LogP contribution in [0, 0.1) is 0 Å². The Hall–Kier alpha value is -0.280. The second kappa shape index (κ2) is 4.49. The van der Waals surface area contributed by atoms with Crippen LogP contribution in [0.15, 0.2) is 11.6 Å². The van der Waals surface area contributed by atoms with Gasteiger partial charge < -0.3 is 5.32 Å². The summed E-state index contributed by atoms with van der Waals surface area (Å²) < 4.78 is 0. The Bertz CT molecular complexity index is 268. The van der Waals surface area contributed by atoms with Crippen LogP contribution in [0.4, 0.5) is 5.13 Å². The van der Waals surface area contributed by atoms with E-state index < -0.39 is 0 Å². The lowest BCUT2D eigenvalue weighted by atomic mass is 9.83. The van der Waals surface area contributed by atoms with Gasteiger partial charge in [-0.2, -0.15) is 0 Å². The van der Waals surface area contributed by atoms with E-state index in [1.54, 1.807) is 11.3 Å². The quantitative estimate of drug-likeness (QED) is 0.805. The molecule has 1 aliphatic carbocycles. The van der Waals surface area contributed by atoms with Gasteiger partial charge in [0.2, 0.25) is 0 Å². The van der Waals surface area contributed by atoms with E-state index in [0.717, 1.165) is 5.13 Å². The second-order valence-corrected chi connectivity index (χ2v) is 5.10. The summed E-state index contributed by atoms with van der Waals surface area (Å²) in [6.07, 6.45) is 8.10. The number of thiazole rings is 1. The lowest BCUT2D eigenvalue weighted by molar-refractivity contribution is 0.353. The third-order valence-electron chi connectivity index (χ3n) is 2.87. The molecule has 1 N–H and O–H groups in total. The van der Waals surface area contributed by atoms with Gasteiger partial charge in [-0.3, -0.25) is 0 Å². The molecule has 0 spiro atoms. The average molecular weight is 231 g/mol. The normalized spacial score (nSPS) is 20.6. The van der Waals surface area contributed by atoms with Crippen molar-refractivity contribution in [2.24, 2.45) is 0 Å². The Morgan fingerprint density at radius 2 is 2.21 bits per heavy atom. The highest BCUT2D eigenvalue weighted by molar-refractivity contribution is 7.13. The zero-order valence-corrected chi connectivity index (χ0v) is 9.70. The zero-order chi connectivity index (χ0) is 9.86. The molecule has 2 nitrogen and oxygen atoms in total. The number of nitrogens with one attached hydrogen (secondary N) is 1. The van der Waals surface area contributed by atoms with Crippen molar-refractivity contribution in [2.75, 3.05) is 11.2 Å². The minimum atomic E-state index is 0.109. The lowest BCUT2D eigenvalue weighted by Crippen LogP contribution is -2.42. The Balaban J connectivity index is 2.04. The highest BCUT2D eigenvalue weighted by Crippen LogP contribution is 2.33. The van der Waals surface area contributed by atoms with E-state index in [4.69, 9.17) is 11.6 Å². The summed E-state index contributed by atoms with van der Waals surface area (Å²) in [4.78, 5) is 4.25. The number of anilines is 1. The van der Waals surface area contributed by atoms with Gasteiger partial charge in [-0.25, -0.2) is 4.98 Å². The van der Waals surface area contributed by atoms with Gasteiger partial charge in [0.05, 0.1) is 5.54 Å². The third-order valence-corrected chi connectivity index (χ3v) is 4.07. The summed E-state index contributed by atoms with van der Waals surface area (Å²) in [5.74, 6) is 0.687. The zero-order valence-electron chi connectivity index (χ0n) is 8.13. The maximum atomic E-state index is 6.07. The molecular formula is C10H15ClN2S. The van der Waals surface area contributed by atoms with Gasteiger partial charge >= 0.3 is 0 Å². The summed E-state index contributed by atoms with van der Waals surface area (Å²) >= 11 is 7.72. The molecule has 0 atom stereocenters. The fraction of sp³-hybridized carbons (Fsp3) is 0.700. The minimum absolute atomic E-state index is 0.109. The number of hydrogen-bond acceptors (Lipinski definition) is 3. The predicted molar refractivity (Wildman–Crippen MR) is 62.3 cm³/mol. The smallest absolute Gasteiger partial charge is 0.183 e. The largest absolute Gasteiger partial charge is 0.355 e. The molecule has 0 amide bonds. The van der Waals surface area contributed by atoms with Crippen molar-refractivity contribution in [3.05, 3.63) is 11.6 Å². The summed E-state index contributed by atoms with van der Waals surface area (Å²) in [6.45, 7) is 0. The molecule has 78 valence electrons. The van der Waals surface area contributed by atoms with E-state index in [2.05, 4.69) is 10.3 Å². The molecule has 0 aromatic carbocycles. The first kappa shape index (κ1) is 10.2. The van der Waals surface area contributed by atoms with Gasteiger partial charge in [0.1, 0.15) is 0 Å². The Labute approximate surface area is 93.7 Å². The van der Waals surface area contributed by atoms with Crippen molar-refractivity contribution < 1.29 is 0 Å². The van der Waals surface area contributed by atoms with Crippen LogP contribution in [0.5, 0.6) is 0 Å². The lowest BCUT2D eigenvalue weighted by Gasteiger charge is -2.36. The van der Waals surface area contributed by atoms with Crippen molar-refractivity contribution in [2.45, 2.75) is 37.6 Å². The number of nitrogens with zero attached hydrogens (tertiary/aromatic N) is 1. The van der Waals surface area contributed by atoms with E-state index >= 15 is 0 Å². The standard InChI is InChI=1S/C10H15ClN2S/c11-8-10(4-2-1-3-5-10)13-9-12-6-7-14-9/h6-7H,1-5,8H2,(H,12,13). The van der Waals surface area contributed by atoms with Gasteiger partial charge in [-0.1, -0.05) is 19.3 Å². The first-order chi connectivity index (χ1) is 6.85. The monoisotopic (exact) mass is 230 g/mol. The molecular weight excluding hydrogens is 216 g/mol. The van der Waals surface area contributed by atoms with E-state index in [9.17, 15) is 0 Å². The predicted octanol–water partition coefficient (Wildman–Crippen LogP) is 3.50. The van der Waals surface area contributed by atoms with Gasteiger partial charge in [-0.15, -0.1) is 22.9 Å². The Morgan fingerprint density at radius 1 is 1.43 bits per heavy atom. The van der Waals surface area contributed by atoms with Crippen molar-refractivity contribution >= 4 is 28.1 Å². The van der Waals surface area contributed by atoms with Crippen LogP contribution in [-0.4, -0.2) is 16.4 Å². The molecule has 0 bridgehead atoms. The van der Waals surface area contributed by atoms with Crippen molar-refractivity contribution in [1.82, 2.24) is 4.98 Å². The molecule has 0 radical (unpaired) electrons. The summed E-state index contributed by atoms with van der Waals surface area (Å²) in [5, 5.41) is 6.50. The molecule has 14 heavy (non-hydrogen) atoms. The number of aromatic nitrogens is 1. The SMILES string of the molecule is ClCC1(Nc2nccs2)CCCCC1. The fourth-order valence-corrected chi connectivity index (χ4v) is 3.01. The van der Waals surface area contributed by atoms with Crippen LogP contribution in [0.3, 0.4) is 0 Å². The highest BCUT2D eigenvalue weighted by Gasteiger charge is 2.31. The molecule has 1 heterocycles. The molecule has 1 aromatic rings. The third kappa shape index (κ3) is 2.20. The van der Waals surface area contributed by atoms with Crippen molar-refractivity contribution in [3.63, 3.8) is 0 Å². The molecule has 4 heteroatoms. The van der Waals surface area contributed by atoms with Crippen LogP contribution in [0.2, 0.25) is 0 Å². The summed E-state index contributed by atoms with van der Waals surface area (Å²) in [7, 11) is 0. The number of alkyl halides is 1. The molecule has 1 aliphatic rings. The topological polar surface area (TPSA) is 24.9 Å². The van der Waals surface area contributed by atoms with Gasteiger partial charge in [0.15, 0.2) is 5.13 Å². The Kier molecular flexibility index (Phi) is 3.29. The fourth-order valence-electron chi connectivity index (χ4n) is 2.03. The van der Waals surface area contributed by atoms with Crippen molar-refractivity contribution in [3.8, 4) is 0 Å². The van der Waals surface area contributed by atoms with E-state index in [1.807, 2.05) is 11.6 Å². The van der Waals surface area contributed by atoms with E-state index in [1.165, 1.54) is 32.1 Å². The number of halogens is 1. The van der Waals surface area contributed by atoms with Gasteiger partial charge in [0, 0.05) is 17.5 Å². The maximum Gasteiger partial charge on any atom is 0.183 e. The van der Waals surface area contributed by atoms with Crippen LogP contribution in [0.1, 0.15) is 32.1 Å². The molecule has 1 fully saturated rings. The molecule has 1 aromatic heterocycles. The second-order valence-electron chi connectivity index (χ2n) is 3.94. The number of hydrogen-bond donors (Lipinski definition) is 1. The van der Waals surface area contributed by atoms with Gasteiger partial charge in [-0.05, 0) is 12.8 Å². The van der Waals surface area contributed by atoms with E-state index in [-0.39, 0.29) is 5.54 Å². The molecule has 0 aliphatic heterocycles. The first-order valence-electron chi connectivity index (χ1n) is 5.08. The van der Waals surface area contributed by atoms with Crippen LogP contribution in [-0.2, 0) is 0 Å². The maximum absolute atomic E-state index is 6.07. The number of rotatable bonds is 3. The van der Waals surface area contributed by atoms with Crippen LogP contribution >= 0.6 is 22.9 Å². The molecule has 2 rings (SSSR count). The summed E-state index contributed by atoms with van der Waals surface area (Å²) in [5.41, 5.74) is 0.109. The highest BCUT2D eigenvalue weighted by atomic mass is 35.5. The first-order valence-corrected chi connectivity index (χ1v) is 6.50. The minimum Gasteiger partial charge on any atom is -0.355 e. The Morgan fingerprint density at radius 3 is 2.79 bits per heavy atom. The molecule has 0 unspecified atom stereocenters.